The van der Waals surface area contributed by atoms with E-state index in [-0.39, 0.29) is 0 Å². The molecule has 1 heterocycles. The fourth-order valence-electron chi connectivity index (χ4n) is 2.45. The highest BCUT2D eigenvalue weighted by Crippen LogP contribution is 2.30. The van der Waals surface area contributed by atoms with Gasteiger partial charge in [-0.3, -0.25) is 9.78 Å². The molecule has 0 aliphatic heterocycles. The summed E-state index contributed by atoms with van der Waals surface area (Å²) in [4.78, 5) is 15.3. The van der Waals surface area contributed by atoms with Gasteiger partial charge in [0.25, 0.3) is 5.91 Å². The lowest BCUT2D eigenvalue weighted by molar-refractivity contribution is 0.100. The molecular weight excluding hydrogens is 330 g/mol. The first-order valence-corrected chi connectivity index (χ1v) is 8.05. The number of amides is 1. The number of nitrogens with one attached hydrogen (secondary N) is 1. The van der Waals surface area contributed by atoms with E-state index in [1.54, 1.807) is 19.4 Å². The number of pyridine rings is 1. The number of para-hydroxylation sites is 2. The fraction of sp³-hybridized carbons (Fsp3) is 0.100. The van der Waals surface area contributed by atoms with Gasteiger partial charge in [-0.2, -0.15) is 0 Å². The maximum atomic E-state index is 11.4. The van der Waals surface area contributed by atoms with E-state index in [4.69, 9.17) is 15.2 Å². The Hall–Kier alpha value is -3.54. The molecule has 0 saturated heterocycles. The average molecular weight is 349 g/mol. The van der Waals surface area contributed by atoms with Crippen LogP contribution in [-0.4, -0.2) is 18.0 Å². The number of nitrogens with zero attached hydrogens (tertiary/aromatic N) is 1. The van der Waals surface area contributed by atoms with Gasteiger partial charge in [0, 0.05) is 18.9 Å². The number of ether oxygens (including phenoxy) is 2. The number of hydrogen-bond acceptors (Lipinski definition) is 5. The van der Waals surface area contributed by atoms with E-state index in [1.165, 1.54) is 6.20 Å². The molecule has 3 aromatic rings. The summed E-state index contributed by atoms with van der Waals surface area (Å²) in [7, 11) is 1.61. The number of carbonyl (C=O) groups is 1. The molecule has 1 aromatic heterocycles. The maximum absolute atomic E-state index is 11.4. The van der Waals surface area contributed by atoms with Crippen molar-refractivity contribution in [3.05, 3.63) is 78.1 Å². The van der Waals surface area contributed by atoms with Gasteiger partial charge < -0.3 is 20.5 Å². The molecule has 0 unspecified atom stereocenters. The van der Waals surface area contributed by atoms with Crippen LogP contribution in [0.2, 0.25) is 0 Å². The summed E-state index contributed by atoms with van der Waals surface area (Å²) in [5.41, 5.74) is 7.41. The molecule has 0 radical (unpaired) electrons. The summed E-state index contributed by atoms with van der Waals surface area (Å²) in [6.07, 6.45) is 3.06. The van der Waals surface area contributed by atoms with Crippen molar-refractivity contribution in [2.45, 2.75) is 6.54 Å². The minimum absolute atomic E-state index is 0.364. The second-order valence-corrected chi connectivity index (χ2v) is 5.54. The van der Waals surface area contributed by atoms with Crippen LogP contribution in [0.15, 0.2) is 67.0 Å². The molecule has 6 heteroatoms. The summed E-state index contributed by atoms with van der Waals surface area (Å²) in [5, 5.41) is 3.20. The minimum Gasteiger partial charge on any atom is -0.493 e. The lowest BCUT2D eigenvalue weighted by Crippen LogP contribution is -2.14. The zero-order chi connectivity index (χ0) is 18.4. The minimum atomic E-state index is -0.513. The van der Waals surface area contributed by atoms with Crippen LogP contribution in [0.4, 0.5) is 5.69 Å². The summed E-state index contributed by atoms with van der Waals surface area (Å²) in [6, 6.07) is 16.9. The molecule has 3 N–H and O–H groups in total. The number of carbonyl (C=O) groups excluding carboxylic acids is 1. The van der Waals surface area contributed by atoms with Gasteiger partial charge >= 0.3 is 0 Å². The zero-order valence-electron chi connectivity index (χ0n) is 14.3. The molecule has 132 valence electrons. The number of primary amides is 1. The normalized spacial score (nSPS) is 10.2. The second kappa shape index (κ2) is 8.02. The lowest BCUT2D eigenvalue weighted by atomic mass is 10.2. The molecule has 0 saturated carbocycles. The Kier molecular flexibility index (Phi) is 5.34. The van der Waals surface area contributed by atoms with Gasteiger partial charge in [-0.25, -0.2) is 0 Å². The molecule has 0 spiro atoms. The number of nitrogens with two attached hydrogens (primary N) is 1. The summed E-state index contributed by atoms with van der Waals surface area (Å²) in [6.45, 7) is 0.541. The highest BCUT2D eigenvalue weighted by Gasteiger charge is 2.08. The Labute approximate surface area is 151 Å². The SMILES string of the molecule is COc1ccccc1Oc1ccc(CNc2ccncc2C(N)=O)cc1. The molecular formula is C20H19N3O3. The number of hydrogen-bond donors (Lipinski definition) is 2. The average Bonchev–Trinajstić information content (AvgIpc) is 2.68. The van der Waals surface area contributed by atoms with Crippen molar-refractivity contribution in [3.8, 4) is 17.2 Å². The molecule has 0 bridgehead atoms. The highest BCUT2D eigenvalue weighted by atomic mass is 16.5. The van der Waals surface area contributed by atoms with E-state index in [1.807, 2.05) is 48.5 Å². The quantitative estimate of drug-likeness (QED) is 0.681. The first-order chi connectivity index (χ1) is 12.7. The largest absolute Gasteiger partial charge is 0.493 e. The van der Waals surface area contributed by atoms with Crippen molar-refractivity contribution in [1.82, 2.24) is 4.98 Å². The first-order valence-electron chi connectivity index (χ1n) is 8.05. The van der Waals surface area contributed by atoms with Crippen molar-refractivity contribution in [3.63, 3.8) is 0 Å². The Balaban J connectivity index is 1.66. The topological polar surface area (TPSA) is 86.5 Å². The van der Waals surface area contributed by atoms with E-state index in [2.05, 4.69) is 10.3 Å². The molecule has 0 aliphatic carbocycles. The van der Waals surface area contributed by atoms with E-state index >= 15 is 0 Å². The van der Waals surface area contributed by atoms with E-state index < -0.39 is 5.91 Å². The van der Waals surface area contributed by atoms with Gasteiger partial charge in [0.05, 0.1) is 18.4 Å². The number of rotatable bonds is 7. The molecule has 3 rings (SSSR count). The maximum Gasteiger partial charge on any atom is 0.252 e. The first kappa shape index (κ1) is 17.3. The van der Waals surface area contributed by atoms with Crippen LogP contribution in [0, 0.1) is 0 Å². The Bertz CT molecular complexity index is 895. The molecule has 2 aromatic carbocycles. The monoisotopic (exact) mass is 349 g/mol. The van der Waals surface area contributed by atoms with Crippen LogP contribution in [0.5, 0.6) is 17.2 Å². The van der Waals surface area contributed by atoms with Crippen LogP contribution in [0.3, 0.4) is 0 Å². The smallest absolute Gasteiger partial charge is 0.252 e. The standard InChI is InChI=1S/C20H19N3O3/c1-25-18-4-2-3-5-19(18)26-15-8-6-14(7-9-15)12-23-17-10-11-22-13-16(17)20(21)24/h2-11,13H,12H2,1H3,(H2,21,24)(H,22,23). The van der Waals surface area contributed by atoms with Gasteiger partial charge in [0.15, 0.2) is 11.5 Å². The van der Waals surface area contributed by atoms with Crippen molar-refractivity contribution < 1.29 is 14.3 Å². The third-order valence-corrected chi connectivity index (χ3v) is 3.79. The van der Waals surface area contributed by atoms with Gasteiger partial charge in [-0.1, -0.05) is 24.3 Å². The predicted octanol–water partition coefficient (Wildman–Crippen LogP) is 3.59. The van der Waals surface area contributed by atoms with Crippen LogP contribution in [0.1, 0.15) is 15.9 Å². The van der Waals surface area contributed by atoms with Crippen LogP contribution in [0.25, 0.3) is 0 Å². The second-order valence-electron chi connectivity index (χ2n) is 5.54. The molecule has 0 aliphatic rings. The molecule has 0 atom stereocenters. The van der Waals surface area contributed by atoms with E-state index in [0.29, 0.717) is 35.0 Å². The van der Waals surface area contributed by atoms with Crippen LogP contribution >= 0.6 is 0 Å². The highest BCUT2D eigenvalue weighted by molar-refractivity contribution is 5.98. The zero-order valence-corrected chi connectivity index (χ0v) is 14.3. The third-order valence-electron chi connectivity index (χ3n) is 3.79. The Morgan fingerprint density at radius 2 is 1.81 bits per heavy atom. The van der Waals surface area contributed by atoms with Gasteiger partial charge in [-0.05, 0) is 35.9 Å². The molecule has 26 heavy (non-hydrogen) atoms. The Morgan fingerprint density at radius 3 is 2.50 bits per heavy atom. The van der Waals surface area contributed by atoms with Crippen molar-refractivity contribution in [1.29, 1.82) is 0 Å². The molecule has 0 fully saturated rings. The molecule has 1 amide bonds. The fourth-order valence-corrected chi connectivity index (χ4v) is 2.45. The van der Waals surface area contributed by atoms with Gasteiger partial charge in [0.2, 0.25) is 0 Å². The number of benzene rings is 2. The van der Waals surface area contributed by atoms with Crippen LogP contribution in [-0.2, 0) is 6.54 Å². The lowest BCUT2D eigenvalue weighted by Gasteiger charge is -2.12. The van der Waals surface area contributed by atoms with Crippen molar-refractivity contribution in [2.24, 2.45) is 5.73 Å². The summed E-state index contributed by atoms with van der Waals surface area (Å²) in [5.74, 6) is 1.53. The Morgan fingerprint density at radius 1 is 1.08 bits per heavy atom. The van der Waals surface area contributed by atoms with E-state index in [9.17, 15) is 4.79 Å². The molecule has 6 nitrogen and oxygen atoms in total. The summed E-state index contributed by atoms with van der Waals surface area (Å²) >= 11 is 0. The third kappa shape index (κ3) is 4.10. The number of aromatic nitrogens is 1. The van der Waals surface area contributed by atoms with Gasteiger partial charge in [-0.15, -0.1) is 0 Å². The number of methoxy groups -OCH3 is 1. The van der Waals surface area contributed by atoms with Crippen molar-refractivity contribution in [2.75, 3.05) is 12.4 Å². The number of anilines is 1. The van der Waals surface area contributed by atoms with Crippen LogP contribution < -0.4 is 20.5 Å². The van der Waals surface area contributed by atoms with E-state index in [0.717, 1.165) is 5.56 Å². The van der Waals surface area contributed by atoms with Gasteiger partial charge in [0.1, 0.15) is 5.75 Å². The summed E-state index contributed by atoms with van der Waals surface area (Å²) < 4.78 is 11.1. The van der Waals surface area contributed by atoms with Crippen molar-refractivity contribution >= 4 is 11.6 Å². The predicted molar refractivity (Wildman–Crippen MR) is 99.6 cm³/mol.